The molecule has 5 heteroatoms. The molecule has 1 aromatic heterocycles. The van der Waals surface area contributed by atoms with E-state index in [2.05, 4.69) is 30.9 Å². The van der Waals surface area contributed by atoms with E-state index in [-0.39, 0.29) is 32.7 Å². The molecule has 0 saturated carbocycles. The number of hydrogen-bond donors (Lipinski definition) is 0. The summed E-state index contributed by atoms with van der Waals surface area (Å²) in [6, 6.07) is 7.79. The van der Waals surface area contributed by atoms with Crippen LogP contribution in [0.25, 0.3) is 0 Å². The molecular formula is C14H19N3OY-2. The van der Waals surface area contributed by atoms with E-state index < -0.39 is 0 Å². The van der Waals surface area contributed by atoms with Crippen LogP contribution in [0.2, 0.25) is 0 Å². The van der Waals surface area contributed by atoms with Gasteiger partial charge in [-0.15, -0.1) is 0 Å². The molecule has 0 N–H and O–H groups in total. The van der Waals surface area contributed by atoms with E-state index >= 15 is 0 Å². The first kappa shape index (κ1) is 18.1. The van der Waals surface area contributed by atoms with Crippen molar-refractivity contribution in [1.82, 2.24) is 14.8 Å². The Morgan fingerprint density at radius 1 is 1.16 bits per heavy atom. The standard InChI is InChI=1S/C10H10N3O.C4H9.Y/c1-9-2-4-10(5-3-9)14-8-13-7-11-6-12-13;1-4(2)3;/h2-8H,1H3;1-3H3;/q2*-1;. The van der Waals surface area contributed by atoms with E-state index in [4.69, 9.17) is 4.74 Å². The topological polar surface area (TPSA) is 39.9 Å². The Morgan fingerprint density at radius 2 is 1.74 bits per heavy atom. The first-order chi connectivity index (χ1) is 8.58. The van der Waals surface area contributed by atoms with Crippen molar-refractivity contribution in [2.75, 3.05) is 0 Å². The molecule has 1 aromatic carbocycles. The summed E-state index contributed by atoms with van der Waals surface area (Å²) in [6.45, 7) is 9.78. The van der Waals surface area contributed by atoms with Gasteiger partial charge in [-0.1, -0.05) is 17.7 Å². The summed E-state index contributed by atoms with van der Waals surface area (Å²) in [6.07, 6.45) is 3.02. The fourth-order valence-electron chi connectivity index (χ4n) is 1.00. The Balaban J connectivity index is 0.000000576. The van der Waals surface area contributed by atoms with E-state index in [1.807, 2.05) is 31.2 Å². The first-order valence-electron chi connectivity index (χ1n) is 5.75. The number of nitrogens with zero attached hydrogens (tertiary/aromatic N) is 3. The molecule has 101 valence electrons. The van der Waals surface area contributed by atoms with Crippen LogP contribution in [-0.4, -0.2) is 14.8 Å². The number of aromatic nitrogens is 3. The Bertz CT molecular complexity index is 424. The van der Waals surface area contributed by atoms with E-state index in [0.29, 0.717) is 0 Å². The van der Waals surface area contributed by atoms with E-state index in [1.54, 1.807) is 6.33 Å². The second kappa shape index (κ2) is 9.99. The molecule has 0 bridgehead atoms. The Labute approximate surface area is 140 Å². The quantitative estimate of drug-likeness (QED) is 0.809. The Morgan fingerprint density at radius 3 is 2.21 bits per heavy atom. The summed E-state index contributed by atoms with van der Waals surface area (Å²) in [5.41, 5.74) is 1.21. The molecule has 0 aliphatic rings. The number of hydrogen-bond acceptors (Lipinski definition) is 3. The monoisotopic (exact) mass is 334 g/mol. The van der Waals surface area contributed by atoms with Crippen molar-refractivity contribution in [3.63, 3.8) is 0 Å². The Kier molecular flexibility index (Phi) is 9.53. The van der Waals surface area contributed by atoms with Gasteiger partial charge >= 0.3 is 0 Å². The van der Waals surface area contributed by atoms with Crippen LogP contribution in [0.1, 0.15) is 26.3 Å². The molecule has 0 amide bonds. The summed E-state index contributed by atoms with van der Waals surface area (Å²) in [5.74, 6) is 2.20. The van der Waals surface area contributed by atoms with Crippen LogP contribution in [0, 0.1) is 19.6 Å². The third-order valence-electron chi connectivity index (χ3n) is 1.75. The number of benzene rings is 1. The van der Waals surface area contributed by atoms with Crippen molar-refractivity contribution in [2.24, 2.45) is 0 Å². The zero-order chi connectivity index (χ0) is 13.4. The molecule has 0 unspecified atom stereocenters. The summed E-state index contributed by atoms with van der Waals surface area (Å²) in [5, 5.41) is 3.87. The summed E-state index contributed by atoms with van der Waals surface area (Å²) in [7, 11) is 0. The molecule has 0 aliphatic heterocycles. The molecular weight excluding hydrogens is 315 g/mol. The normalized spacial score (nSPS) is 9.11. The minimum atomic E-state index is 0. The van der Waals surface area contributed by atoms with Crippen LogP contribution in [0.3, 0.4) is 0 Å². The van der Waals surface area contributed by atoms with Gasteiger partial charge in [0.15, 0.2) is 0 Å². The van der Waals surface area contributed by atoms with Crippen molar-refractivity contribution < 1.29 is 37.4 Å². The van der Waals surface area contributed by atoms with Crippen LogP contribution in [0.15, 0.2) is 36.9 Å². The van der Waals surface area contributed by atoms with Gasteiger partial charge in [-0.25, -0.2) is 0 Å². The van der Waals surface area contributed by atoms with Gasteiger partial charge in [-0.2, -0.15) is 25.9 Å². The molecule has 0 spiro atoms. The molecule has 4 nitrogen and oxygen atoms in total. The summed E-state index contributed by atoms with van der Waals surface area (Å²) >= 11 is 0. The van der Waals surface area contributed by atoms with E-state index in [1.165, 1.54) is 29.2 Å². The average Bonchev–Trinajstić information content (AvgIpc) is 2.80. The van der Waals surface area contributed by atoms with Gasteiger partial charge in [0.1, 0.15) is 12.1 Å². The second-order valence-corrected chi connectivity index (χ2v) is 4.41. The van der Waals surface area contributed by atoms with Crippen LogP contribution < -0.4 is 4.74 Å². The first-order valence-corrected chi connectivity index (χ1v) is 5.75. The molecule has 1 radical (unpaired) electrons. The predicted octanol–water partition coefficient (Wildman–Crippen LogP) is 3.25. The molecule has 0 aliphatic carbocycles. The van der Waals surface area contributed by atoms with E-state index in [9.17, 15) is 0 Å². The van der Waals surface area contributed by atoms with Crippen molar-refractivity contribution in [3.8, 4) is 5.75 Å². The largest absolute Gasteiger partial charge is 0.534 e. The summed E-state index contributed by atoms with van der Waals surface area (Å²) in [4.78, 5) is 3.79. The number of ether oxygens (including phenoxy) is 1. The van der Waals surface area contributed by atoms with Gasteiger partial charge in [0.25, 0.3) is 0 Å². The maximum atomic E-state index is 5.34. The zero-order valence-electron chi connectivity index (χ0n) is 11.9. The van der Waals surface area contributed by atoms with E-state index in [0.717, 1.165) is 5.75 Å². The predicted molar refractivity (Wildman–Crippen MR) is 71.8 cm³/mol. The third kappa shape index (κ3) is 8.79. The molecule has 0 atom stereocenters. The van der Waals surface area contributed by atoms with Crippen LogP contribution in [0.4, 0.5) is 0 Å². The fourth-order valence-corrected chi connectivity index (χ4v) is 1.00. The van der Waals surface area contributed by atoms with Gasteiger partial charge in [0.2, 0.25) is 0 Å². The van der Waals surface area contributed by atoms with Crippen LogP contribution >= 0.6 is 0 Å². The van der Waals surface area contributed by atoms with Gasteiger partial charge in [0.05, 0.1) is 0 Å². The molecule has 1 heterocycles. The minimum Gasteiger partial charge on any atom is -0.534 e. The maximum Gasteiger partial charge on any atom is 0.115 e. The van der Waals surface area contributed by atoms with Crippen molar-refractivity contribution in [1.29, 1.82) is 0 Å². The van der Waals surface area contributed by atoms with Crippen molar-refractivity contribution in [3.05, 3.63) is 55.1 Å². The number of aryl methyl sites for hydroxylation is 1. The SMILES string of the molecule is C[C-](C)C.Cc1ccc(O[CH-]n2cncn2)cc1.[Y]. The molecule has 19 heavy (non-hydrogen) atoms. The third-order valence-corrected chi connectivity index (χ3v) is 1.75. The average molecular weight is 334 g/mol. The fraction of sp³-hybridized carbons (Fsp3) is 0.286. The van der Waals surface area contributed by atoms with Gasteiger partial charge in [0, 0.05) is 39.4 Å². The van der Waals surface area contributed by atoms with Gasteiger partial charge in [-0.05, 0) is 25.4 Å². The summed E-state index contributed by atoms with van der Waals surface area (Å²) < 4.78 is 6.84. The smallest absolute Gasteiger partial charge is 0.115 e. The minimum absolute atomic E-state index is 0. The number of rotatable bonds is 3. The molecule has 2 aromatic rings. The van der Waals surface area contributed by atoms with Gasteiger partial charge in [-0.3, -0.25) is 0 Å². The molecule has 0 fully saturated rings. The van der Waals surface area contributed by atoms with Gasteiger partial charge < -0.3 is 20.3 Å². The van der Waals surface area contributed by atoms with Crippen LogP contribution in [0.5, 0.6) is 5.75 Å². The van der Waals surface area contributed by atoms with Crippen molar-refractivity contribution in [2.45, 2.75) is 27.7 Å². The Hall–Kier alpha value is -0.866. The second-order valence-electron chi connectivity index (χ2n) is 4.41. The zero-order valence-corrected chi connectivity index (χ0v) is 14.7. The molecule has 0 saturated heterocycles. The molecule has 2 rings (SSSR count). The maximum absolute atomic E-state index is 5.34. The van der Waals surface area contributed by atoms with Crippen LogP contribution in [-0.2, 0) is 32.7 Å². The van der Waals surface area contributed by atoms with Crippen molar-refractivity contribution >= 4 is 0 Å².